The van der Waals surface area contributed by atoms with Crippen molar-refractivity contribution < 1.29 is 0 Å². The van der Waals surface area contributed by atoms with Crippen LogP contribution in [0.4, 0.5) is 0 Å². The number of nitrogens with zero attached hydrogens (tertiary/aromatic N) is 1. The summed E-state index contributed by atoms with van der Waals surface area (Å²) in [4.78, 5) is 1.06. The predicted molar refractivity (Wildman–Crippen MR) is 69.2 cm³/mol. The lowest BCUT2D eigenvalue weighted by molar-refractivity contribution is 0.642. The normalized spacial score (nSPS) is 12.5. The highest BCUT2D eigenvalue weighted by Crippen LogP contribution is 2.30. The zero-order chi connectivity index (χ0) is 12.1. The van der Waals surface area contributed by atoms with Gasteiger partial charge < -0.3 is 5.73 Å². The van der Waals surface area contributed by atoms with Gasteiger partial charge in [0.2, 0.25) is 0 Å². The number of rotatable bonds is 4. The first-order valence-electron chi connectivity index (χ1n) is 5.48. The third kappa shape index (κ3) is 3.26. The SMILES string of the molecule is CC(C)C(C)Sc1ccc(CN)cc1C#N. The van der Waals surface area contributed by atoms with Crippen molar-refractivity contribution in [2.24, 2.45) is 11.7 Å². The second-order valence-electron chi connectivity index (χ2n) is 4.21. The average molecular weight is 234 g/mol. The molecule has 16 heavy (non-hydrogen) atoms. The van der Waals surface area contributed by atoms with E-state index in [0.717, 1.165) is 16.0 Å². The van der Waals surface area contributed by atoms with Crippen LogP contribution in [0.3, 0.4) is 0 Å². The van der Waals surface area contributed by atoms with Crippen LogP contribution in [-0.4, -0.2) is 5.25 Å². The smallest absolute Gasteiger partial charge is 0.100 e. The highest BCUT2D eigenvalue weighted by molar-refractivity contribution is 8.00. The Bertz CT molecular complexity index is 393. The molecule has 1 aromatic carbocycles. The van der Waals surface area contributed by atoms with Gasteiger partial charge in [-0.1, -0.05) is 26.8 Å². The number of nitrogens with two attached hydrogens (primary N) is 1. The van der Waals surface area contributed by atoms with Crippen LogP contribution in [0.1, 0.15) is 31.9 Å². The Balaban J connectivity index is 2.93. The highest BCUT2D eigenvalue weighted by Gasteiger charge is 2.11. The van der Waals surface area contributed by atoms with Crippen LogP contribution >= 0.6 is 11.8 Å². The van der Waals surface area contributed by atoms with Gasteiger partial charge in [-0.3, -0.25) is 0 Å². The summed E-state index contributed by atoms with van der Waals surface area (Å²) in [5.41, 5.74) is 7.31. The molecule has 86 valence electrons. The van der Waals surface area contributed by atoms with Gasteiger partial charge in [-0.2, -0.15) is 5.26 Å². The summed E-state index contributed by atoms with van der Waals surface area (Å²) in [6.45, 7) is 7.06. The molecule has 0 aromatic heterocycles. The van der Waals surface area contributed by atoms with Crippen molar-refractivity contribution in [3.8, 4) is 6.07 Å². The van der Waals surface area contributed by atoms with Gasteiger partial charge in [0.1, 0.15) is 6.07 Å². The zero-order valence-electron chi connectivity index (χ0n) is 10.0. The Morgan fingerprint density at radius 3 is 2.56 bits per heavy atom. The van der Waals surface area contributed by atoms with E-state index >= 15 is 0 Å². The molecule has 1 unspecified atom stereocenters. The van der Waals surface area contributed by atoms with Gasteiger partial charge in [-0.05, 0) is 23.6 Å². The second-order valence-corrected chi connectivity index (χ2v) is 5.63. The monoisotopic (exact) mass is 234 g/mol. The molecule has 1 atom stereocenters. The third-order valence-electron chi connectivity index (χ3n) is 2.65. The summed E-state index contributed by atoms with van der Waals surface area (Å²) in [7, 11) is 0. The number of nitriles is 1. The van der Waals surface area contributed by atoms with Gasteiger partial charge in [-0.25, -0.2) is 0 Å². The maximum absolute atomic E-state index is 9.09. The van der Waals surface area contributed by atoms with Crippen molar-refractivity contribution in [2.45, 2.75) is 37.5 Å². The molecular weight excluding hydrogens is 216 g/mol. The van der Waals surface area contributed by atoms with E-state index in [1.807, 2.05) is 18.2 Å². The molecule has 3 heteroatoms. The Labute approximate surface area is 102 Å². The van der Waals surface area contributed by atoms with E-state index in [9.17, 15) is 0 Å². The fourth-order valence-electron chi connectivity index (χ4n) is 1.23. The largest absolute Gasteiger partial charge is 0.326 e. The molecule has 2 N–H and O–H groups in total. The van der Waals surface area contributed by atoms with E-state index < -0.39 is 0 Å². The van der Waals surface area contributed by atoms with Crippen molar-refractivity contribution in [3.05, 3.63) is 29.3 Å². The molecule has 0 heterocycles. The number of thioether (sulfide) groups is 1. The van der Waals surface area contributed by atoms with Gasteiger partial charge in [0.05, 0.1) is 5.56 Å². The lowest BCUT2D eigenvalue weighted by Gasteiger charge is -2.15. The van der Waals surface area contributed by atoms with E-state index in [2.05, 4.69) is 26.8 Å². The molecule has 0 radical (unpaired) electrons. The fraction of sp³-hybridized carbons (Fsp3) is 0.462. The minimum atomic E-state index is 0.485. The highest BCUT2D eigenvalue weighted by atomic mass is 32.2. The molecule has 1 rings (SSSR count). The maximum atomic E-state index is 9.09. The molecule has 0 bridgehead atoms. The Kier molecular flexibility index (Phi) is 4.85. The van der Waals surface area contributed by atoms with Crippen molar-refractivity contribution >= 4 is 11.8 Å². The molecule has 0 aliphatic heterocycles. The van der Waals surface area contributed by atoms with Crippen molar-refractivity contribution in [3.63, 3.8) is 0 Å². The van der Waals surface area contributed by atoms with Crippen molar-refractivity contribution in [1.82, 2.24) is 0 Å². The van der Waals surface area contributed by atoms with E-state index in [0.29, 0.717) is 17.7 Å². The minimum Gasteiger partial charge on any atom is -0.326 e. The zero-order valence-corrected chi connectivity index (χ0v) is 10.8. The van der Waals surface area contributed by atoms with Crippen LogP contribution < -0.4 is 5.73 Å². The van der Waals surface area contributed by atoms with Crippen LogP contribution in [0.2, 0.25) is 0 Å². The third-order valence-corrected chi connectivity index (χ3v) is 4.18. The van der Waals surface area contributed by atoms with Gasteiger partial charge in [0, 0.05) is 16.7 Å². The summed E-state index contributed by atoms with van der Waals surface area (Å²) in [5.74, 6) is 0.603. The molecule has 2 nitrogen and oxygen atoms in total. The Morgan fingerprint density at radius 1 is 1.38 bits per heavy atom. The van der Waals surface area contributed by atoms with Crippen LogP contribution in [0.5, 0.6) is 0 Å². The number of hydrogen-bond donors (Lipinski definition) is 1. The first kappa shape index (κ1) is 13.1. The molecule has 0 aliphatic rings. The lowest BCUT2D eigenvalue weighted by Crippen LogP contribution is -2.06. The maximum Gasteiger partial charge on any atom is 0.100 e. The quantitative estimate of drug-likeness (QED) is 0.814. The van der Waals surface area contributed by atoms with Gasteiger partial charge in [0.15, 0.2) is 0 Å². The van der Waals surface area contributed by atoms with Gasteiger partial charge in [-0.15, -0.1) is 11.8 Å². The number of benzene rings is 1. The van der Waals surface area contributed by atoms with E-state index in [1.165, 1.54) is 0 Å². The molecule has 0 amide bonds. The van der Waals surface area contributed by atoms with E-state index in [1.54, 1.807) is 11.8 Å². The summed E-state index contributed by atoms with van der Waals surface area (Å²) in [5, 5.41) is 9.60. The summed E-state index contributed by atoms with van der Waals surface area (Å²) in [6.07, 6.45) is 0. The van der Waals surface area contributed by atoms with Gasteiger partial charge >= 0.3 is 0 Å². The average Bonchev–Trinajstić information content (AvgIpc) is 2.29. The summed E-state index contributed by atoms with van der Waals surface area (Å²) in [6, 6.07) is 8.12. The van der Waals surface area contributed by atoms with Crippen molar-refractivity contribution in [2.75, 3.05) is 0 Å². The molecule has 0 saturated heterocycles. The van der Waals surface area contributed by atoms with Crippen LogP contribution in [0, 0.1) is 17.2 Å². The molecule has 0 aliphatic carbocycles. The molecular formula is C13H18N2S. The molecule has 0 spiro atoms. The van der Waals surface area contributed by atoms with E-state index in [4.69, 9.17) is 11.0 Å². The van der Waals surface area contributed by atoms with Crippen LogP contribution in [0.15, 0.2) is 23.1 Å². The van der Waals surface area contributed by atoms with Gasteiger partial charge in [0.25, 0.3) is 0 Å². The van der Waals surface area contributed by atoms with Crippen LogP contribution in [-0.2, 0) is 6.54 Å². The Hall–Kier alpha value is -0.980. The molecule has 1 aromatic rings. The fourth-order valence-corrected chi connectivity index (χ4v) is 2.28. The first-order valence-corrected chi connectivity index (χ1v) is 6.36. The van der Waals surface area contributed by atoms with Crippen molar-refractivity contribution in [1.29, 1.82) is 5.26 Å². The predicted octanol–water partition coefficient (Wildman–Crippen LogP) is 3.15. The van der Waals surface area contributed by atoms with Crippen LogP contribution in [0.25, 0.3) is 0 Å². The lowest BCUT2D eigenvalue weighted by atomic mass is 10.1. The Morgan fingerprint density at radius 2 is 2.06 bits per heavy atom. The second kappa shape index (κ2) is 5.93. The summed E-state index contributed by atoms with van der Waals surface area (Å²) >= 11 is 1.76. The molecule has 0 saturated carbocycles. The minimum absolute atomic E-state index is 0.485. The number of hydrogen-bond acceptors (Lipinski definition) is 3. The van der Waals surface area contributed by atoms with E-state index in [-0.39, 0.29) is 0 Å². The standard InChI is InChI=1S/C13H18N2S/c1-9(2)10(3)16-13-5-4-11(7-14)6-12(13)8-15/h4-6,9-10H,7,14H2,1-3H3. The molecule has 0 fully saturated rings. The topological polar surface area (TPSA) is 49.8 Å². The summed E-state index contributed by atoms with van der Waals surface area (Å²) < 4.78 is 0. The first-order chi connectivity index (χ1) is 7.58.